The Hall–Kier alpha value is -2.63. The Morgan fingerprint density at radius 2 is 1.70 bits per heavy atom. The average molecular weight is 274 g/mol. The van der Waals surface area contributed by atoms with E-state index in [9.17, 15) is 0 Å². The summed E-state index contributed by atoms with van der Waals surface area (Å²) in [6.07, 6.45) is 3.10. The van der Waals surface area contributed by atoms with Gasteiger partial charge in [-0.25, -0.2) is 9.97 Å². The molecule has 1 heterocycles. The van der Waals surface area contributed by atoms with Crippen molar-refractivity contribution in [3.63, 3.8) is 0 Å². The quantitative estimate of drug-likeness (QED) is 0.688. The van der Waals surface area contributed by atoms with Gasteiger partial charge in [0.2, 0.25) is 0 Å². The number of aromatic nitrogens is 2. The number of rotatable bonds is 1. The van der Waals surface area contributed by atoms with Gasteiger partial charge in [-0.2, -0.15) is 0 Å². The van der Waals surface area contributed by atoms with Gasteiger partial charge in [-0.15, -0.1) is 0 Å². The van der Waals surface area contributed by atoms with Crippen LogP contribution in [0.15, 0.2) is 29.5 Å². The van der Waals surface area contributed by atoms with E-state index >= 15 is 0 Å². The molecule has 0 bridgehead atoms. The lowest BCUT2D eigenvalue weighted by Gasteiger charge is -1.99. The molecule has 0 radical (unpaired) electrons. The van der Waals surface area contributed by atoms with Crippen molar-refractivity contribution in [1.29, 1.82) is 0 Å². The van der Waals surface area contributed by atoms with Crippen molar-refractivity contribution < 1.29 is 10.2 Å². The highest BCUT2D eigenvalue weighted by atomic mass is 16.3. The molecule has 0 saturated carbocycles. The number of aryl methyl sites for hydroxylation is 2. The Bertz CT molecular complexity index is 541. The van der Waals surface area contributed by atoms with Crippen LogP contribution in [-0.2, 0) is 0 Å². The van der Waals surface area contributed by atoms with Gasteiger partial charge < -0.3 is 15.9 Å². The highest BCUT2D eigenvalue weighted by Gasteiger charge is 2.00. The third kappa shape index (κ3) is 4.56. The number of phenolic OH excluding ortho intramolecular Hbond substituents is 2. The average Bonchev–Trinajstić information content (AvgIpc) is 2.33. The lowest BCUT2D eigenvalue weighted by Crippen LogP contribution is -2.01. The molecule has 2 aromatic rings. The molecule has 0 aliphatic rings. The monoisotopic (exact) mass is 274 g/mol. The third-order valence-electron chi connectivity index (χ3n) is 2.42. The maximum atomic E-state index is 8.83. The van der Waals surface area contributed by atoms with Gasteiger partial charge in [-0.3, -0.25) is 4.99 Å². The first kappa shape index (κ1) is 15.4. The zero-order valence-electron chi connectivity index (χ0n) is 11.7. The van der Waals surface area contributed by atoms with Crippen LogP contribution in [0, 0.1) is 13.8 Å². The van der Waals surface area contributed by atoms with Crippen LogP contribution in [0.4, 0.5) is 5.82 Å². The van der Waals surface area contributed by atoms with Gasteiger partial charge in [0.05, 0.1) is 11.3 Å². The van der Waals surface area contributed by atoms with Crippen molar-refractivity contribution in [3.8, 4) is 11.5 Å². The van der Waals surface area contributed by atoms with E-state index in [-0.39, 0.29) is 11.5 Å². The number of phenols is 2. The molecule has 0 aliphatic carbocycles. The number of aromatic hydroxyl groups is 2. The number of nitrogens with two attached hydrogens (primary N) is 1. The number of hydrogen-bond acceptors (Lipinski definition) is 6. The van der Waals surface area contributed by atoms with Gasteiger partial charge in [0.15, 0.2) is 0 Å². The molecule has 2 rings (SSSR count). The first-order valence-corrected chi connectivity index (χ1v) is 5.93. The van der Waals surface area contributed by atoms with Crippen LogP contribution in [0.1, 0.15) is 16.8 Å². The first-order chi connectivity index (χ1) is 9.43. The predicted octanol–water partition coefficient (Wildman–Crippen LogP) is 1.82. The second kappa shape index (κ2) is 7.08. The summed E-state index contributed by atoms with van der Waals surface area (Å²) in [6, 6.07) is 4.46. The zero-order chi connectivity index (χ0) is 15.1. The van der Waals surface area contributed by atoms with Crippen molar-refractivity contribution in [3.05, 3.63) is 41.3 Å². The Morgan fingerprint density at radius 1 is 1.10 bits per heavy atom. The summed E-state index contributed by atoms with van der Waals surface area (Å²) in [5, 5.41) is 17.7. The Labute approximate surface area is 117 Å². The van der Waals surface area contributed by atoms with Crippen LogP contribution in [0.2, 0.25) is 0 Å². The highest BCUT2D eigenvalue weighted by molar-refractivity contribution is 5.86. The van der Waals surface area contributed by atoms with Crippen molar-refractivity contribution in [1.82, 2.24) is 9.97 Å². The summed E-state index contributed by atoms with van der Waals surface area (Å²) in [7, 11) is 1.69. The fraction of sp³-hybridized carbons (Fsp3) is 0.214. The SMILES string of the molecule is CN=Cc1c(C)ncnc1N.Cc1cc(O)cc(O)c1. The third-order valence-corrected chi connectivity index (χ3v) is 2.42. The molecule has 0 saturated heterocycles. The molecule has 0 amide bonds. The number of anilines is 1. The predicted molar refractivity (Wildman–Crippen MR) is 79.2 cm³/mol. The van der Waals surface area contributed by atoms with E-state index in [0.29, 0.717) is 5.82 Å². The van der Waals surface area contributed by atoms with Crippen LogP contribution >= 0.6 is 0 Å². The molecule has 0 unspecified atom stereocenters. The molecule has 20 heavy (non-hydrogen) atoms. The number of aliphatic imine (C=N–C) groups is 1. The van der Waals surface area contributed by atoms with Gasteiger partial charge in [0, 0.05) is 19.3 Å². The maximum absolute atomic E-state index is 8.83. The summed E-state index contributed by atoms with van der Waals surface area (Å²) in [5.74, 6) is 0.683. The van der Waals surface area contributed by atoms with Crippen LogP contribution in [-0.4, -0.2) is 33.4 Å². The van der Waals surface area contributed by atoms with Crippen molar-refractivity contribution in [2.45, 2.75) is 13.8 Å². The maximum Gasteiger partial charge on any atom is 0.135 e. The van der Waals surface area contributed by atoms with Gasteiger partial charge in [0.25, 0.3) is 0 Å². The number of benzene rings is 1. The summed E-state index contributed by atoms with van der Waals surface area (Å²) < 4.78 is 0. The Balaban J connectivity index is 0.000000204. The normalized spacial score (nSPS) is 10.2. The largest absolute Gasteiger partial charge is 0.508 e. The van der Waals surface area contributed by atoms with Gasteiger partial charge >= 0.3 is 0 Å². The van der Waals surface area contributed by atoms with Crippen LogP contribution in [0.3, 0.4) is 0 Å². The second-order valence-electron chi connectivity index (χ2n) is 4.17. The highest BCUT2D eigenvalue weighted by Crippen LogP contribution is 2.18. The summed E-state index contributed by atoms with van der Waals surface area (Å²) in [5.41, 5.74) is 8.07. The smallest absolute Gasteiger partial charge is 0.135 e. The second-order valence-corrected chi connectivity index (χ2v) is 4.17. The molecule has 6 heteroatoms. The van der Waals surface area contributed by atoms with E-state index in [4.69, 9.17) is 15.9 Å². The minimum atomic E-state index is 0.104. The molecule has 1 aromatic carbocycles. The summed E-state index contributed by atoms with van der Waals surface area (Å²) in [6.45, 7) is 3.68. The standard InChI is InChI=1S/C7H10N4.C7H8O2/c1-5-6(3-9-2)7(8)11-4-10-5;1-5-2-6(8)4-7(9)3-5/h3-4H,1-2H3,(H2,8,10,11);2-4,8-9H,1H3. The fourth-order valence-corrected chi connectivity index (χ4v) is 1.53. The van der Waals surface area contributed by atoms with Crippen LogP contribution in [0.25, 0.3) is 0 Å². The molecule has 4 N–H and O–H groups in total. The molecule has 0 aliphatic heterocycles. The molecular formula is C14H18N4O2. The molecule has 0 fully saturated rings. The lowest BCUT2D eigenvalue weighted by molar-refractivity contribution is 0.450. The van der Waals surface area contributed by atoms with E-state index in [0.717, 1.165) is 16.8 Å². The van der Waals surface area contributed by atoms with E-state index in [1.165, 1.54) is 12.4 Å². The van der Waals surface area contributed by atoms with Gasteiger partial charge in [-0.05, 0) is 31.5 Å². The number of hydrogen-bond donors (Lipinski definition) is 3. The van der Waals surface area contributed by atoms with Crippen LogP contribution in [0.5, 0.6) is 11.5 Å². The van der Waals surface area contributed by atoms with E-state index in [1.54, 1.807) is 32.3 Å². The minimum absolute atomic E-state index is 0.104. The van der Waals surface area contributed by atoms with Crippen molar-refractivity contribution in [2.75, 3.05) is 12.8 Å². The van der Waals surface area contributed by atoms with Crippen LogP contribution < -0.4 is 5.73 Å². The lowest BCUT2D eigenvalue weighted by atomic mass is 10.2. The topological polar surface area (TPSA) is 105 Å². The Kier molecular flexibility index (Phi) is 5.46. The Morgan fingerprint density at radius 3 is 2.15 bits per heavy atom. The van der Waals surface area contributed by atoms with E-state index in [1.807, 2.05) is 6.92 Å². The van der Waals surface area contributed by atoms with Gasteiger partial charge in [-0.1, -0.05) is 0 Å². The molecule has 6 nitrogen and oxygen atoms in total. The number of nitrogens with zero attached hydrogens (tertiary/aromatic N) is 3. The molecule has 0 atom stereocenters. The molecular weight excluding hydrogens is 256 g/mol. The molecule has 106 valence electrons. The first-order valence-electron chi connectivity index (χ1n) is 5.93. The fourth-order valence-electron chi connectivity index (χ4n) is 1.53. The number of nitrogen functional groups attached to an aromatic ring is 1. The molecule has 1 aromatic heterocycles. The zero-order valence-corrected chi connectivity index (χ0v) is 11.7. The van der Waals surface area contributed by atoms with E-state index < -0.39 is 0 Å². The van der Waals surface area contributed by atoms with Crippen molar-refractivity contribution >= 4 is 12.0 Å². The van der Waals surface area contributed by atoms with Crippen molar-refractivity contribution in [2.24, 2.45) is 4.99 Å². The van der Waals surface area contributed by atoms with E-state index in [2.05, 4.69) is 15.0 Å². The summed E-state index contributed by atoms with van der Waals surface area (Å²) in [4.78, 5) is 11.7. The summed E-state index contributed by atoms with van der Waals surface area (Å²) >= 11 is 0. The molecule has 0 spiro atoms. The minimum Gasteiger partial charge on any atom is -0.508 e. The van der Waals surface area contributed by atoms with Gasteiger partial charge in [0.1, 0.15) is 23.6 Å².